The van der Waals surface area contributed by atoms with Gasteiger partial charge in [-0.3, -0.25) is 9.88 Å². The molecule has 1 aromatic rings. The molecule has 2 unspecified atom stereocenters. The average molecular weight is 268 g/mol. The van der Waals surface area contributed by atoms with Crippen molar-refractivity contribution in [2.75, 3.05) is 26.2 Å². The normalized spacial score (nSPS) is 27.6. The zero-order chi connectivity index (χ0) is 11.7. The van der Waals surface area contributed by atoms with Crippen molar-refractivity contribution < 1.29 is 0 Å². The third-order valence-electron chi connectivity index (χ3n) is 4.17. The van der Waals surface area contributed by atoms with Crippen LogP contribution in [0.4, 0.5) is 0 Å². The number of piperidine rings is 1. The van der Waals surface area contributed by atoms with Gasteiger partial charge in [-0.15, -0.1) is 12.4 Å². The Morgan fingerprint density at radius 3 is 2.94 bits per heavy atom. The highest BCUT2D eigenvalue weighted by Crippen LogP contribution is 2.27. The molecule has 0 aliphatic carbocycles. The van der Waals surface area contributed by atoms with Gasteiger partial charge < -0.3 is 5.32 Å². The van der Waals surface area contributed by atoms with Gasteiger partial charge in [-0.1, -0.05) is 6.07 Å². The molecular formula is C14H22ClN3. The number of fused-ring (bicyclic) bond motifs is 1. The van der Waals surface area contributed by atoms with Crippen LogP contribution in [-0.2, 0) is 6.54 Å². The van der Waals surface area contributed by atoms with Crippen molar-refractivity contribution in [1.29, 1.82) is 0 Å². The van der Waals surface area contributed by atoms with Crippen LogP contribution in [0.2, 0.25) is 0 Å². The smallest absolute Gasteiger partial charge is 0.0372 e. The zero-order valence-corrected chi connectivity index (χ0v) is 11.7. The number of hydrogen-bond acceptors (Lipinski definition) is 3. The molecule has 1 N–H and O–H groups in total. The van der Waals surface area contributed by atoms with E-state index < -0.39 is 0 Å². The van der Waals surface area contributed by atoms with Crippen LogP contribution in [0.5, 0.6) is 0 Å². The molecule has 100 valence electrons. The summed E-state index contributed by atoms with van der Waals surface area (Å²) in [5.74, 6) is 1.81. The van der Waals surface area contributed by atoms with E-state index in [0.717, 1.165) is 24.1 Å². The zero-order valence-electron chi connectivity index (χ0n) is 10.9. The van der Waals surface area contributed by atoms with Crippen LogP contribution in [0.25, 0.3) is 0 Å². The van der Waals surface area contributed by atoms with Crippen molar-refractivity contribution in [3.8, 4) is 0 Å². The molecule has 0 radical (unpaired) electrons. The number of nitrogens with zero attached hydrogens (tertiary/aromatic N) is 2. The van der Waals surface area contributed by atoms with Crippen LogP contribution < -0.4 is 5.32 Å². The lowest BCUT2D eigenvalue weighted by atomic mass is 9.88. The van der Waals surface area contributed by atoms with Gasteiger partial charge in [0.1, 0.15) is 0 Å². The molecule has 2 fully saturated rings. The molecule has 3 nitrogen and oxygen atoms in total. The first-order chi connectivity index (χ1) is 8.31. The summed E-state index contributed by atoms with van der Waals surface area (Å²) in [5, 5.41) is 3.52. The van der Waals surface area contributed by atoms with Crippen LogP contribution in [0, 0.1) is 18.8 Å². The van der Waals surface area contributed by atoms with E-state index in [1.807, 2.05) is 13.1 Å². The first kappa shape index (κ1) is 13.8. The van der Waals surface area contributed by atoms with Gasteiger partial charge in [0.05, 0.1) is 0 Å². The Labute approximate surface area is 115 Å². The standard InChI is InChI=1S/C14H21N3.ClH/c1-11-2-3-12(6-16-11)9-17-5-4-13-7-15-8-14(13)10-17;/h2-3,6,13-15H,4-5,7-10H2,1H3;1H. The Kier molecular flexibility index (Phi) is 4.60. The molecule has 4 heteroatoms. The predicted octanol–water partition coefficient (Wildman–Crippen LogP) is 1.85. The second-order valence-electron chi connectivity index (χ2n) is 5.51. The van der Waals surface area contributed by atoms with Crippen molar-refractivity contribution >= 4 is 12.4 Å². The first-order valence-electron chi connectivity index (χ1n) is 6.66. The fourth-order valence-corrected chi connectivity index (χ4v) is 3.10. The lowest BCUT2D eigenvalue weighted by Crippen LogP contribution is -2.39. The van der Waals surface area contributed by atoms with E-state index in [2.05, 4.69) is 27.3 Å². The van der Waals surface area contributed by atoms with E-state index in [-0.39, 0.29) is 12.4 Å². The van der Waals surface area contributed by atoms with Crippen molar-refractivity contribution in [1.82, 2.24) is 15.2 Å². The quantitative estimate of drug-likeness (QED) is 0.887. The van der Waals surface area contributed by atoms with E-state index in [1.165, 1.54) is 38.2 Å². The number of aryl methyl sites for hydroxylation is 1. The van der Waals surface area contributed by atoms with Gasteiger partial charge in [0, 0.05) is 25.0 Å². The van der Waals surface area contributed by atoms with Gasteiger partial charge in [0.2, 0.25) is 0 Å². The van der Waals surface area contributed by atoms with Gasteiger partial charge in [0.25, 0.3) is 0 Å². The van der Waals surface area contributed by atoms with Gasteiger partial charge in [-0.2, -0.15) is 0 Å². The molecule has 0 amide bonds. The highest BCUT2D eigenvalue weighted by Gasteiger charge is 2.32. The number of hydrogen-bond donors (Lipinski definition) is 1. The number of halogens is 1. The number of aromatic nitrogens is 1. The molecule has 2 aliphatic rings. The number of likely N-dealkylation sites (tertiary alicyclic amines) is 1. The molecule has 3 rings (SSSR count). The van der Waals surface area contributed by atoms with E-state index in [4.69, 9.17) is 0 Å². The number of pyridine rings is 1. The minimum Gasteiger partial charge on any atom is -0.316 e. The van der Waals surface area contributed by atoms with Crippen molar-refractivity contribution in [2.24, 2.45) is 11.8 Å². The van der Waals surface area contributed by atoms with E-state index in [9.17, 15) is 0 Å². The van der Waals surface area contributed by atoms with Gasteiger partial charge >= 0.3 is 0 Å². The molecule has 0 bridgehead atoms. The summed E-state index contributed by atoms with van der Waals surface area (Å²) in [4.78, 5) is 6.96. The second-order valence-corrected chi connectivity index (χ2v) is 5.51. The fourth-order valence-electron chi connectivity index (χ4n) is 3.10. The Bertz CT molecular complexity index is 379. The average Bonchev–Trinajstić information content (AvgIpc) is 2.79. The van der Waals surface area contributed by atoms with Gasteiger partial charge in [-0.05, 0) is 56.4 Å². The van der Waals surface area contributed by atoms with Gasteiger partial charge in [0.15, 0.2) is 0 Å². The lowest BCUT2D eigenvalue weighted by molar-refractivity contribution is 0.142. The van der Waals surface area contributed by atoms with E-state index in [0.29, 0.717) is 0 Å². The van der Waals surface area contributed by atoms with Crippen LogP contribution in [0.15, 0.2) is 18.3 Å². The maximum Gasteiger partial charge on any atom is 0.0372 e. The monoisotopic (exact) mass is 267 g/mol. The minimum absolute atomic E-state index is 0. The molecule has 2 saturated heterocycles. The molecule has 3 heterocycles. The summed E-state index contributed by atoms with van der Waals surface area (Å²) in [7, 11) is 0. The Balaban J connectivity index is 0.00000120. The summed E-state index contributed by atoms with van der Waals surface area (Å²) in [6.07, 6.45) is 3.38. The van der Waals surface area contributed by atoms with Crippen molar-refractivity contribution in [2.45, 2.75) is 19.9 Å². The highest BCUT2D eigenvalue weighted by molar-refractivity contribution is 5.85. The third kappa shape index (κ3) is 3.02. The molecule has 2 aliphatic heterocycles. The fraction of sp³-hybridized carbons (Fsp3) is 0.643. The van der Waals surface area contributed by atoms with Crippen molar-refractivity contribution in [3.05, 3.63) is 29.6 Å². The summed E-state index contributed by atoms with van der Waals surface area (Å²) < 4.78 is 0. The SMILES string of the molecule is Cc1ccc(CN2CCC3CNCC3C2)cn1.Cl. The number of rotatable bonds is 2. The van der Waals surface area contributed by atoms with Crippen LogP contribution in [0.3, 0.4) is 0 Å². The molecule has 0 spiro atoms. The molecule has 18 heavy (non-hydrogen) atoms. The number of nitrogens with one attached hydrogen (secondary N) is 1. The largest absolute Gasteiger partial charge is 0.316 e. The van der Waals surface area contributed by atoms with Gasteiger partial charge in [-0.25, -0.2) is 0 Å². The molecular weight excluding hydrogens is 246 g/mol. The lowest BCUT2D eigenvalue weighted by Gasteiger charge is -2.34. The Hall–Kier alpha value is -0.640. The Morgan fingerprint density at radius 1 is 1.33 bits per heavy atom. The van der Waals surface area contributed by atoms with Crippen molar-refractivity contribution in [3.63, 3.8) is 0 Å². The van der Waals surface area contributed by atoms with Crippen LogP contribution >= 0.6 is 12.4 Å². The van der Waals surface area contributed by atoms with E-state index >= 15 is 0 Å². The topological polar surface area (TPSA) is 28.2 Å². The summed E-state index contributed by atoms with van der Waals surface area (Å²) in [6.45, 7) is 8.07. The predicted molar refractivity (Wildman–Crippen MR) is 76.0 cm³/mol. The molecule has 2 atom stereocenters. The first-order valence-corrected chi connectivity index (χ1v) is 6.66. The highest BCUT2D eigenvalue weighted by atomic mass is 35.5. The summed E-state index contributed by atoms with van der Waals surface area (Å²) in [6, 6.07) is 4.32. The van der Waals surface area contributed by atoms with Crippen LogP contribution in [-0.4, -0.2) is 36.1 Å². The minimum atomic E-state index is 0. The summed E-state index contributed by atoms with van der Waals surface area (Å²) >= 11 is 0. The van der Waals surface area contributed by atoms with Crippen LogP contribution in [0.1, 0.15) is 17.7 Å². The maximum atomic E-state index is 4.37. The second kappa shape index (κ2) is 6.00. The third-order valence-corrected chi connectivity index (χ3v) is 4.17. The maximum absolute atomic E-state index is 4.37. The van der Waals surface area contributed by atoms with E-state index in [1.54, 1.807) is 0 Å². The molecule has 1 aromatic heterocycles. The molecule has 0 saturated carbocycles. The Morgan fingerprint density at radius 2 is 2.17 bits per heavy atom. The molecule has 0 aromatic carbocycles. The summed E-state index contributed by atoms with van der Waals surface area (Å²) in [5.41, 5.74) is 2.45.